The summed E-state index contributed by atoms with van der Waals surface area (Å²) in [5.41, 5.74) is 0.876. The van der Waals surface area contributed by atoms with Crippen molar-refractivity contribution in [2.75, 3.05) is 0 Å². The molecule has 0 atom stereocenters. The second-order valence-electron chi connectivity index (χ2n) is 5.02. The minimum Gasteiger partial charge on any atom is -0.478 e. The van der Waals surface area contributed by atoms with Gasteiger partial charge in [0.05, 0.1) is 10.9 Å². The zero-order valence-electron chi connectivity index (χ0n) is 11.8. The molecule has 1 heterocycles. The molecule has 0 aliphatic heterocycles. The van der Waals surface area contributed by atoms with E-state index in [4.69, 9.17) is 0 Å². The number of ketones is 1. The molecule has 22 heavy (non-hydrogen) atoms. The first-order valence-corrected chi connectivity index (χ1v) is 6.88. The maximum absolute atomic E-state index is 12.2. The minimum absolute atomic E-state index is 0.0160. The van der Waals surface area contributed by atoms with E-state index < -0.39 is 5.97 Å². The third-order valence-corrected chi connectivity index (χ3v) is 3.53. The number of nitrogens with zero attached hydrogens (tertiary/aromatic N) is 1. The maximum atomic E-state index is 12.2. The van der Waals surface area contributed by atoms with Crippen LogP contribution in [0.1, 0.15) is 20.7 Å². The van der Waals surface area contributed by atoms with Gasteiger partial charge in [-0.15, -0.1) is 0 Å². The monoisotopic (exact) mass is 292 g/mol. The number of carbonyl (C=O) groups excluding carboxylic acids is 1. The molecule has 0 aliphatic rings. The molecule has 0 saturated heterocycles. The van der Waals surface area contributed by atoms with Gasteiger partial charge in [-0.25, -0.2) is 4.79 Å². The molecule has 4 heteroatoms. The largest absolute Gasteiger partial charge is 0.478 e. The second-order valence-corrected chi connectivity index (χ2v) is 5.02. The minimum atomic E-state index is -0.974. The van der Waals surface area contributed by atoms with Crippen LogP contribution in [-0.2, 0) is 6.54 Å². The topological polar surface area (TPSA) is 58.2 Å². The smallest absolute Gasteiger partial charge is 0.336 e. The van der Waals surface area contributed by atoms with E-state index in [-0.39, 0.29) is 17.9 Å². The van der Waals surface area contributed by atoms with Crippen molar-refractivity contribution in [3.8, 4) is 0 Å². The first-order chi connectivity index (χ1) is 10.6. The molecule has 4 nitrogen and oxygen atoms in total. The Morgan fingerprint density at radius 2 is 1.73 bits per heavy atom. The Labute approximate surface area is 127 Å². The normalized spacial score (nSPS) is 10.5. The number of benzene rings is 2. The Balaban J connectivity index is 1.97. The molecular weight excluding hydrogens is 278 g/mol. The molecule has 0 amide bonds. The van der Waals surface area contributed by atoms with Crippen LogP contribution in [0.15, 0.2) is 67.0 Å². The van der Waals surface area contributed by atoms with Crippen molar-refractivity contribution in [3.05, 3.63) is 78.1 Å². The highest BCUT2D eigenvalue weighted by Crippen LogP contribution is 2.16. The molecule has 0 saturated carbocycles. The zero-order valence-corrected chi connectivity index (χ0v) is 11.8. The lowest BCUT2D eigenvalue weighted by Crippen LogP contribution is -2.37. The van der Waals surface area contributed by atoms with E-state index in [0.717, 1.165) is 5.39 Å². The van der Waals surface area contributed by atoms with Gasteiger partial charge in [0.25, 0.3) is 0 Å². The molecule has 1 N–H and O–H groups in total. The van der Waals surface area contributed by atoms with Gasteiger partial charge in [-0.2, -0.15) is 4.57 Å². The lowest BCUT2D eigenvalue weighted by atomic mass is 10.1. The lowest BCUT2D eigenvalue weighted by Gasteiger charge is -2.02. The summed E-state index contributed by atoms with van der Waals surface area (Å²) in [6.45, 7) is 0.175. The average Bonchev–Trinajstić information content (AvgIpc) is 2.55. The number of Topliss-reactive ketones (excluding diaryl/α,β-unsaturated/α-hetero) is 1. The fourth-order valence-corrected chi connectivity index (χ4v) is 2.42. The second kappa shape index (κ2) is 5.77. The summed E-state index contributed by atoms with van der Waals surface area (Å²) < 4.78 is 1.71. The van der Waals surface area contributed by atoms with Gasteiger partial charge in [0.1, 0.15) is 0 Å². The molecule has 0 radical (unpaired) electrons. The maximum Gasteiger partial charge on any atom is 0.336 e. The van der Waals surface area contributed by atoms with Gasteiger partial charge >= 0.3 is 5.97 Å². The van der Waals surface area contributed by atoms with Crippen LogP contribution in [0, 0.1) is 0 Å². The van der Waals surface area contributed by atoms with Gasteiger partial charge in [0.15, 0.2) is 12.4 Å². The Bertz CT molecular complexity index is 857. The Hall–Kier alpha value is -3.01. The van der Waals surface area contributed by atoms with Crippen LogP contribution in [0.5, 0.6) is 0 Å². The van der Waals surface area contributed by atoms with Gasteiger partial charge in [-0.3, -0.25) is 4.79 Å². The highest BCUT2D eigenvalue weighted by Gasteiger charge is 2.15. The number of carboxylic acids is 1. The Morgan fingerprint density at radius 1 is 0.955 bits per heavy atom. The van der Waals surface area contributed by atoms with E-state index in [1.807, 2.05) is 30.3 Å². The molecule has 0 bridgehead atoms. The summed E-state index contributed by atoms with van der Waals surface area (Å²) in [6, 6.07) is 16.0. The highest BCUT2D eigenvalue weighted by molar-refractivity contribution is 6.03. The molecule has 0 aliphatic carbocycles. The standard InChI is InChI=1S/C18H13NO3/c20-17(14-5-2-1-3-6-14)12-19-10-9-13-7-4-8-15(18(21)22)16(13)11-19/h1-11H,12H2/p+1. The molecule has 2 aromatic carbocycles. The van der Waals surface area contributed by atoms with Gasteiger partial charge < -0.3 is 5.11 Å². The molecule has 0 unspecified atom stereocenters. The summed E-state index contributed by atoms with van der Waals surface area (Å²) in [5, 5.41) is 10.7. The molecule has 0 spiro atoms. The molecule has 3 rings (SSSR count). The van der Waals surface area contributed by atoms with Crippen LogP contribution in [-0.4, -0.2) is 16.9 Å². The first-order valence-electron chi connectivity index (χ1n) is 6.88. The van der Waals surface area contributed by atoms with E-state index in [0.29, 0.717) is 10.9 Å². The van der Waals surface area contributed by atoms with Gasteiger partial charge in [0.2, 0.25) is 12.3 Å². The van der Waals surface area contributed by atoms with Crippen molar-refractivity contribution >= 4 is 22.5 Å². The first kappa shape index (κ1) is 13.9. The summed E-state index contributed by atoms with van der Waals surface area (Å²) in [4.78, 5) is 23.5. The summed E-state index contributed by atoms with van der Waals surface area (Å²) in [5.74, 6) is -0.990. The number of carboxylic acid groups (broad SMARTS) is 1. The number of aromatic nitrogens is 1. The predicted octanol–water partition coefficient (Wildman–Crippen LogP) is 2.71. The molecule has 0 fully saturated rings. The van der Waals surface area contributed by atoms with E-state index in [1.54, 1.807) is 41.2 Å². The van der Waals surface area contributed by atoms with Crippen LogP contribution in [0.2, 0.25) is 0 Å². The van der Waals surface area contributed by atoms with Crippen molar-refractivity contribution in [2.45, 2.75) is 6.54 Å². The lowest BCUT2D eigenvalue weighted by molar-refractivity contribution is -0.681. The van der Waals surface area contributed by atoms with Crippen LogP contribution < -0.4 is 4.57 Å². The fourth-order valence-electron chi connectivity index (χ4n) is 2.42. The van der Waals surface area contributed by atoms with Crippen molar-refractivity contribution < 1.29 is 19.3 Å². The van der Waals surface area contributed by atoms with Crippen molar-refractivity contribution in [3.63, 3.8) is 0 Å². The van der Waals surface area contributed by atoms with Crippen LogP contribution in [0.3, 0.4) is 0 Å². The molecular formula is C18H14NO3+. The van der Waals surface area contributed by atoms with Crippen LogP contribution >= 0.6 is 0 Å². The Kier molecular flexibility index (Phi) is 3.66. The number of pyridine rings is 1. The third-order valence-electron chi connectivity index (χ3n) is 3.53. The van der Waals surface area contributed by atoms with Gasteiger partial charge in [-0.05, 0) is 11.5 Å². The van der Waals surface area contributed by atoms with Gasteiger partial charge in [0, 0.05) is 11.6 Å². The van der Waals surface area contributed by atoms with Crippen molar-refractivity contribution in [2.24, 2.45) is 0 Å². The quantitative estimate of drug-likeness (QED) is 0.594. The fraction of sp³-hybridized carbons (Fsp3) is 0.0556. The summed E-state index contributed by atoms with van der Waals surface area (Å²) in [7, 11) is 0. The average molecular weight is 292 g/mol. The predicted molar refractivity (Wildman–Crippen MR) is 81.9 cm³/mol. The van der Waals surface area contributed by atoms with Crippen LogP contribution in [0.25, 0.3) is 10.8 Å². The SMILES string of the molecule is O=C(C[n+]1ccc2cccc(C(=O)O)c2c1)c1ccccc1. The number of aromatic carboxylic acids is 1. The van der Waals surface area contributed by atoms with Gasteiger partial charge in [-0.1, -0.05) is 42.5 Å². The number of hydrogen-bond donors (Lipinski definition) is 1. The summed E-state index contributed by atoms with van der Waals surface area (Å²) in [6.07, 6.45) is 3.49. The van der Waals surface area contributed by atoms with Crippen molar-refractivity contribution in [1.29, 1.82) is 0 Å². The van der Waals surface area contributed by atoms with Crippen LogP contribution in [0.4, 0.5) is 0 Å². The number of carbonyl (C=O) groups is 2. The Morgan fingerprint density at radius 3 is 2.45 bits per heavy atom. The third kappa shape index (κ3) is 2.72. The van der Waals surface area contributed by atoms with E-state index in [9.17, 15) is 14.7 Å². The number of fused-ring (bicyclic) bond motifs is 1. The number of rotatable bonds is 4. The van der Waals surface area contributed by atoms with E-state index >= 15 is 0 Å². The molecule has 108 valence electrons. The number of hydrogen-bond acceptors (Lipinski definition) is 2. The van der Waals surface area contributed by atoms with E-state index in [2.05, 4.69) is 0 Å². The highest BCUT2D eigenvalue weighted by atomic mass is 16.4. The molecule has 3 aromatic rings. The summed E-state index contributed by atoms with van der Waals surface area (Å²) >= 11 is 0. The van der Waals surface area contributed by atoms with E-state index in [1.165, 1.54) is 0 Å². The zero-order chi connectivity index (χ0) is 15.5. The van der Waals surface area contributed by atoms with Crippen molar-refractivity contribution in [1.82, 2.24) is 0 Å². The molecule has 1 aromatic heterocycles.